The Morgan fingerprint density at radius 3 is 2.19 bits per heavy atom. The van der Waals surface area contributed by atoms with Crippen LogP contribution in [0.2, 0.25) is 0 Å². The van der Waals surface area contributed by atoms with Crippen molar-refractivity contribution in [2.75, 3.05) is 14.2 Å². The minimum atomic E-state index is -0.449. The summed E-state index contributed by atoms with van der Waals surface area (Å²) >= 11 is 0. The van der Waals surface area contributed by atoms with Crippen molar-refractivity contribution in [1.29, 1.82) is 0 Å². The van der Waals surface area contributed by atoms with E-state index in [2.05, 4.69) is 11.2 Å². The molecule has 0 saturated heterocycles. The smallest absolute Gasteiger partial charge is 0.535 e. The minimum absolute atomic E-state index is 0. The molecule has 0 fully saturated rings. The summed E-state index contributed by atoms with van der Waals surface area (Å²) in [5.74, 6) is 0.723. The van der Waals surface area contributed by atoms with Gasteiger partial charge in [-0.3, -0.25) is 0 Å². The van der Waals surface area contributed by atoms with Crippen LogP contribution in [0.3, 0.4) is 0 Å². The molecule has 0 bridgehead atoms. The molecule has 21 heavy (non-hydrogen) atoms. The Morgan fingerprint density at radius 2 is 1.76 bits per heavy atom. The predicted octanol–water partition coefficient (Wildman–Crippen LogP) is -0.479. The van der Waals surface area contributed by atoms with E-state index in [1.165, 1.54) is 20.3 Å². The molecule has 1 aromatic rings. The first-order valence-corrected chi connectivity index (χ1v) is 6.41. The fraction of sp³-hybridized carbons (Fsp3) is 0.571. The summed E-state index contributed by atoms with van der Waals surface area (Å²) in [7, 11) is 2.92. The Bertz CT molecular complexity index is 458. The largest absolute Gasteiger partial charge is 1.00 e. The topological polar surface area (TPSA) is 60.9 Å². The zero-order chi connectivity index (χ0) is 15.3. The van der Waals surface area contributed by atoms with Crippen LogP contribution >= 0.6 is 0 Å². The number of carbonyl (C=O) groups excluding carboxylic acids is 1. The summed E-state index contributed by atoms with van der Waals surface area (Å²) in [6.45, 7) is 7.71. The van der Waals surface area contributed by atoms with E-state index in [-0.39, 0.29) is 48.3 Å². The average molecular weight is 288 g/mol. The molecule has 7 heteroatoms. The molecular formula is C14H21LiN2O4. The van der Waals surface area contributed by atoms with Gasteiger partial charge < -0.3 is 24.1 Å². The molecule has 1 amide bonds. The monoisotopic (exact) mass is 288 g/mol. The summed E-state index contributed by atoms with van der Waals surface area (Å²) in [6.07, 6.45) is 2.16. The van der Waals surface area contributed by atoms with E-state index in [9.17, 15) is 4.79 Å². The number of hydrogen-bond acceptors (Lipinski definition) is 5. The van der Waals surface area contributed by atoms with Crippen molar-refractivity contribution in [2.24, 2.45) is 0 Å². The van der Waals surface area contributed by atoms with Gasteiger partial charge in [0.05, 0.1) is 20.0 Å². The first-order valence-electron chi connectivity index (χ1n) is 6.41. The molecule has 1 aromatic heterocycles. The van der Waals surface area contributed by atoms with Crippen LogP contribution in [0.15, 0.2) is 6.07 Å². The summed E-state index contributed by atoms with van der Waals surface area (Å²) in [4.78, 5) is 17.7. The molecule has 0 aliphatic heterocycles. The first-order chi connectivity index (χ1) is 9.42. The molecule has 0 aliphatic carbocycles. The molecule has 6 nitrogen and oxygen atoms in total. The van der Waals surface area contributed by atoms with E-state index in [0.717, 1.165) is 0 Å². The van der Waals surface area contributed by atoms with Crippen LogP contribution < -0.4 is 33.1 Å². The van der Waals surface area contributed by atoms with Gasteiger partial charge in [-0.2, -0.15) is 0 Å². The third-order valence-electron chi connectivity index (χ3n) is 2.70. The second kappa shape index (κ2) is 8.81. The van der Waals surface area contributed by atoms with Crippen molar-refractivity contribution in [3.8, 4) is 17.4 Å². The quantitative estimate of drug-likeness (QED) is 0.541. The van der Waals surface area contributed by atoms with E-state index in [1.54, 1.807) is 4.90 Å². The van der Waals surface area contributed by atoms with E-state index in [0.29, 0.717) is 0 Å². The Balaban J connectivity index is 0.00000400. The van der Waals surface area contributed by atoms with Crippen LogP contribution in [-0.4, -0.2) is 42.3 Å². The maximum Gasteiger partial charge on any atom is 1.00 e. The molecule has 0 saturated carbocycles. The molecule has 1 rings (SSSR count). The van der Waals surface area contributed by atoms with E-state index in [1.807, 2.05) is 27.7 Å². The number of ether oxygens (including phenoxy) is 3. The van der Waals surface area contributed by atoms with Gasteiger partial charge in [0.2, 0.25) is 0 Å². The molecular weight excluding hydrogens is 267 g/mol. The minimum Gasteiger partial charge on any atom is -0.535 e. The van der Waals surface area contributed by atoms with Crippen molar-refractivity contribution in [2.45, 2.75) is 39.8 Å². The summed E-state index contributed by atoms with van der Waals surface area (Å²) in [5.41, 5.74) is 0. The van der Waals surface area contributed by atoms with Crippen molar-refractivity contribution in [3.05, 3.63) is 12.3 Å². The molecule has 0 N–H and O–H groups in total. The van der Waals surface area contributed by atoms with Gasteiger partial charge in [-0.05, 0) is 27.7 Å². The number of pyridine rings is 1. The van der Waals surface area contributed by atoms with E-state index >= 15 is 0 Å². The van der Waals surface area contributed by atoms with Gasteiger partial charge in [-0.25, -0.2) is 4.79 Å². The Morgan fingerprint density at radius 1 is 1.19 bits per heavy atom. The fourth-order valence-corrected chi connectivity index (χ4v) is 1.94. The number of hydrogen-bond donors (Lipinski definition) is 0. The average Bonchev–Trinajstić information content (AvgIpc) is 2.37. The molecule has 1 heterocycles. The normalized spacial score (nSPS) is 10.1. The van der Waals surface area contributed by atoms with Crippen molar-refractivity contribution in [3.63, 3.8) is 0 Å². The van der Waals surface area contributed by atoms with Crippen molar-refractivity contribution >= 4 is 6.09 Å². The Hall–Kier alpha value is -1.38. The molecule has 0 atom stereocenters. The van der Waals surface area contributed by atoms with E-state index < -0.39 is 6.09 Å². The van der Waals surface area contributed by atoms with Gasteiger partial charge in [-0.15, -0.1) is 6.07 Å². The van der Waals surface area contributed by atoms with Crippen LogP contribution in [0.5, 0.6) is 17.4 Å². The summed E-state index contributed by atoms with van der Waals surface area (Å²) in [5, 5.41) is 0. The second-order valence-electron chi connectivity index (χ2n) is 4.75. The maximum absolute atomic E-state index is 12.2. The predicted molar refractivity (Wildman–Crippen MR) is 74.3 cm³/mol. The van der Waals surface area contributed by atoms with Gasteiger partial charge in [-0.1, -0.05) is 6.20 Å². The van der Waals surface area contributed by atoms with Crippen LogP contribution in [0.4, 0.5) is 4.79 Å². The fourth-order valence-electron chi connectivity index (χ4n) is 1.94. The number of nitrogens with zero attached hydrogens (tertiary/aromatic N) is 2. The number of amides is 1. The van der Waals surface area contributed by atoms with Crippen LogP contribution in [0, 0.1) is 6.20 Å². The van der Waals surface area contributed by atoms with Gasteiger partial charge in [0.25, 0.3) is 0 Å². The van der Waals surface area contributed by atoms with Crippen molar-refractivity contribution in [1.82, 2.24) is 9.88 Å². The number of aromatic nitrogens is 1. The number of methoxy groups -OCH3 is 2. The zero-order valence-electron chi connectivity index (χ0n) is 13.8. The molecule has 112 valence electrons. The van der Waals surface area contributed by atoms with Crippen LogP contribution in [0.1, 0.15) is 27.7 Å². The van der Waals surface area contributed by atoms with Crippen LogP contribution in [0.25, 0.3) is 0 Å². The van der Waals surface area contributed by atoms with Gasteiger partial charge in [0, 0.05) is 12.1 Å². The molecule has 0 spiro atoms. The summed E-state index contributed by atoms with van der Waals surface area (Å²) < 4.78 is 15.6. The van der Waals surface area contributed by atoms with Crippen molar-refractivity contribution < 1.29 is 37.9 Å². The molecule has 0 unspecified atom stereocenters. The first kappa shape index (κ1) is 19.6. The third-order valence-corrected chi connectivity index (χ3v) is 2.70. The Kier molecular flexibility index (Phi) is 8.23. The van der Waals surface area contributed by atoms with E-state index in [4.69, 9.17) is 14.2 Å². The maximum atomic E-state index is 12.2. The molecule has 0 aliphatic rings. The zero-order valence-corrected chi connectivity index (χ0v) is 13.8. The van der Waals surface area contributed by atoms with Crippen LogP contribution in [-0.2, 0) is 0 Å². The SMILES string of the molecule is COc1n[c-]cc(OC(=O)N(C(C)C)C(C)C)c1OC.[Li+]. The van der Waals surface area contributed by atoms with Gasteiger partial charge in [0.1, 0.15) is 11.6 Å². The van der Waals surface area contributed by atoms with Gasteiger partial charge in [0.15, 0.2) is 0 Å². The number of rotatable bonds is 5. The van der Waals surface area contributed by atoms with Gasteiger partial charge >= 0.3 is 25.0 Å². The second-order valence-corrected chi connectivity index (χ2v) is 4.75. The molecule has 0 aromatic carbocycles. The third kappa shape index (κ3) is 4.83. The summed E-state index contributed by atoms with van der Waals surface area (Å²) in [6, 6.07) is 1.50. The standard InChI is InChI=1S/C14H21N2O4.Li/c1-9(2)16(10(3)4)14(17)20-11-7-8-15-13(19-6)12(11)18-5;/h7,9-10H,1-6H3;/q-1;+1. The molecule has 0 radical (unpaired) electrons. The Labute approximate surface area is 137 Å². The number of carbonyl (C=O) groups is 1.